The highest BCUT2D eigenvalue weighted by molar-refractivity contribution is 6.32. The second kappa shape index (κ2) is 6.16. The van der Waals surface area contributed by atoms with E-state index in [1.165, 1.54) is 37.4 Å². The summed E-state index contributed by atoms with van der Waals surface area (Å²) < 4.78 is 10.5. The zero-order chi connectivity index (χ0) is 15.4. The van der Waals surface area contributed by atoms with Crippen LogP contribution in [0.25, 0.3) is 0 Å². The maximum absolute atomic E-state index is 11.3. The van der Waals surface area contributed by atoms with Crippen molar-refractivity contribution in [2.24, 2.45) is 0 Å². The van der Waals surface area contributed by atoms with Crippen LogP contribution in [0.2, 0.25) is 5.02 Å². The standard InChI is InChI=1S/C15H10ClNO4/c1-20-10-3-5-13(11(7-10)15(18)19)21-14-4-2-9(8-17)6-12(14)16/h2-7H,1H3,(H,18,19). The quantitative estimate of drug-likeness (QED) is 0.931. The number of hydrogen-bond acceptors (Lipinski definition) is 4. The number of nitriles is 1. The number of hydrogen-bond donors (Lipinski definition) is 1. The first-order valence-corrected chi connectivity index (χ1v) is 6.21. The lowest BCUT2D eigenvalue weighted by atomic mass is 10.2. The zero-order valence-corrected chi connectivity index (χ0v) is 11.7. The molecule has 0 aliphatic heterocycles. The monoisotopic (exact) mass is 303 g/mol. The minimum Gasteiger partial charge on any atom is -0.497 e. The van der Waals surface area contributed by atoms with Crippen molar-refractivity contribution >= 4 is 17.6 Å². The number of methoxy groups -OCH3 is 1. The number of ether oxygens (including phenoxy) is 2. The third-order valence-corrected chi connectivity index (χ3v) is 2.99. The molecule has 0 saturated carbocycles. The van der Waals surface area contributed by atoms with Crippen LogP contribution in [0.5, 0.6) is 17.2 Å². The molecule has 2 rings (SSSR count). The van der Waals surface area contributed by atoms with Crippen molar-refractivity contribution in [1.82, 2.24) is 0 Å². The molecule has 0 heterocycles. The molecule has 0 saturated heterocycles. The van der Waals surface area contributed by atoms with Gasteiger partial charge in [-0.2, -0.15) is 5.26 Å². The van der Waals surface area contributed by atoms with E-state index in [2.05, 4.69) is 0 Å². The Morgan fingerprint density at radius 1 is 1.24 bits per heavy atom. The Kier molecular flexibility index (Phi) is 4.31. The second-order valence-corrected chi connectivity index (χ2v) is 4.43. The smallest absolute Gasteiger partial charge is 0.339 e. The van der Waals surface area contributed by atoms with Crippen LogP contribution in [-0.4, -0.2) is 18.2 Å². The molecule has 2 aromatic rings. The minimum absolute atomic E-state index is 0.0465. The van der Waals surface area contributed by atoms with Crippen LogP contribution in [-0.2, 0) is 0 Å². The Labute approximate surface area is 125 Å². The first kappa shape index (κ1) is 14.7. The number of aromatic carboxylic acids is 1. The fourth-order valence-corrected chi connectivity index (χ4v) is 1.88. The number of rotatable bonds is 4. The van der Waals surface area contributed by atoms with Gasteiger partial charge in [0.05, 0.1) is 23.8 Å². The summed E-state index contributed by atoms with van der Waals surface area (Å²) in [6, 6.07) is 10.9. The molecule has 0 aliphatic carbocycles. The van der Waals surface area contributed by atoms with Gasteiger partial charge in [0, 0.05) is 0 Å². The summed E-state index contributed by atoms with van der Waals surface area (Å²) in [6.45, 7) is 0. The third-order valence-electron chi connectivity index (χ3n) is 2.70. The lowest BCUT2D eigenvalue weighted by molar-refractivity contribution is 0.0693. The summed E-state index contributed by atoms with van der Waals surface area (Å²) in [4.78, 5) is 11.3. The van der Waals surface area contributed by atoms with E-state index in [-0.39, 0.29) is 22.1 Å². The molecule has 0 atom stereocenters. The molecule has 0 aliphatic rings. The van der Waals surface area contributed by atoms with E-state index in [0.717, 1.165) is 0 Å². The molecule has 1 N–H and O–H groups in total. The van der Waals surface area contributed by atoms with Crippen LogP contribution in [0, 0.1) is 11.3 Å². The van der Waals surface area contributed by atoms with Crippen molar-refractivity contribution in [3.63, 3.8) is 0 Å². The zero-order valence-electron chi connectivity index (χ0n) is 11.0. The van der Waals surface area contributed by atoms with Crippen LogP contribution < -0.4 is 9.47 Å². The van der Waals surface area contributed by atoms with Crippen LogP contribution >= 0.6 is 11.6 Å². The van der Waals surface area contributed by atoms with E-state index in [9.17, 15) is 9.90 Å². The van der Waals surface area contributed by atoms with Gasteiger partial charge in [0.25, 0.3) is 0 Å². The topological polar surface area (TPSA) is 79.5 Å². The van der Waals surface area contributed by atoms with Crippen molar-refractivity contribution in [2.45, 2.75) is 0 Å². The summed E-state index contributed by atoms with van der Waals surface area (Å²) in [5.41, 5.74) is 0.343. The Balaban J connectivity index is 2.40. The SMILES string of the molecule is COc1ccc(Oc2ccc(C#N)cc2Cl)c(C(=O)O)c1. The number of benzene rings is 2. The van der Waals surface area contributed by atoms with Gasteiger partial charge in [-0.3, -0.25) is 0 Å². The van der Waals surface area contributed by atoms with Crippen LogP contribution in [0.15, 0.2) is 36.4 Å². The van der Waals surface area contributed by atoms with E-state index < -0.39 is 5.97 Å². The lowest BCUT2D eigenvalue weighted by Crippen LogP contribution is -2.01. The molecule has 0 unspecified atom stereocenters. The van der Waals surface area contributed by atoms with E-state index in [1.807, 2.05) is 6.07 Å². The maximum Gasteiger partial charge on any atom is 0.339 e. The number of carboxylic acid groups (broad SMARTS) is 1. The molecular formula is C15H10ClNO4. The van der Waals surface area contributed by atoms with Gasteiger partial charge in [0.1, 0.15) is 22.8 Å². The minimum atomic E-state index is -1.14. The fraction of sp³-hybridized carbons (Fsp3) is 0.0667. The molecule has 0 bridgehead atoms. The van der Waals surface area contributed by atoms with Gasteiger partial charge in [-0.25, -0.2) is 4.79 Å². The van der Waals surface area contributed by atoms with E-state index in [4.69, 9.17) is 26.3 Å². The first-order chi connectivity index (χ1) is 10.0. The maximum atomic E-state index is 11.3. The van der Waals surface area contributed by atoms with Crippen LogP contribution in [0.1, 0.15) is 15.9 Å². The van der Waals surface area contributed by atoms with E-state index in [1.54, 1.807) is 6.07 Å². The average Bonchev–Trinajstić information content (AvgIpc) is 2.49. The molecule has 0 amide bonds. The molecule has 0 radical (unpaired) electrons. The summed E-state index contributed by atoms with van der Waals surface area (Å²) in [7, 11) is 1.44. The van der Waals surface area contributed by atoms with E-state index in [0.29, 0.717) is 11.3 Å². The van der Waals surface area contributed by atoms with Gasteiger partial charge >= 0.3 is 5.97 Å². The van der Waals surface area contributed by atoms with Crippen molar-refractivity contribution in [1.29, 1.82) is 5.26 Å². The predicted molar refractivity (Wildman–Crippen MR) is 76.2 cm³/mol. The molecule has 0 fully saturated rings. The van der Waals surface area contributed by atoms with Crippen molar-refractivity contribution in [3.05, 3.63) is 52.5 Å². The first-order valence-electron chi connectivity index (χ1n) is 5.84. The van der Waals surface area contributed by atoms with Gasteiger partial charge in [-0.15, -0.1) is 0 Å². The fourth-order valence-electron chi connectivity index (χ4n) is 1.66. The van der Waals surface area contributed by atoms with Crippen molar-refractivity contribution in [2.75, 3.05) is 7.11 Å². The molecule has 0 aromatic heterocycles. The average molecular weight is 304 g/mol. The van der Waals surface area contributed by atoms with Gasteiger partial charge in [0.2, 0.25) is 0 Å². The largest absolute Gasteiger partial charge is 0.497 e. The summed E-state index contributed by atoms with van der Waals surface area (Å²) in [5, 5.41) is 18.2. The number of carboxylic acids is 1. The van der Waals surface area contributed by atoms with E-state index >= 15 is 0 Å². The second-order valence-electron chi connectivity index (χ2n) is 4.03. The molecule has 21 heavy (non-hydrogen) atoms. The van der Waals surface area contributed by atoms with Gasteiger partial charge < -0.3 is 14.6 Å². The Hall–Kier alpha value is -2.71. The Morgan fingerprint density at radius 2 is 1.95 bits per heavy atom. The number of halogens is 1. The highest BCUT2D eigenvalue weighted by atomic mass is 35.5. The third kappa shape index (κ3) is 3.25. The van der Waals surface area contributed by atoms with Crippen molar-refractivity contribution in [3.8, 4) is 23.3 Å². The number of carbonyl (C=O) groups is 1. The van der Waals surface area contributed by atoms with Gasteiger partial charge in [-0.05, 0) is 36.4 Å². The molecular weight excluding hydrogens is 294 g/mol. The number of nitrogens with zero attached hydrogens (tertiary/aromatic N) is 1. The molecule has 106 valence electrons. The molecule has 2 aromatic carbocycles. The van der Waals surface area contributed by atoms with Crippen LogP contribution in [0.4, 0.5) is 0 Å². The summed E-state index contributed by atoms with van der Waals surface area (Å²) >= 11 is 6.00. The highest BCUT2D eigenvalue weighted by Gasteiger charge is 2.15. The summed E-state index contributed by atoms with van der Waals surface area (Å²) in [5.74, 6) is -0.336. The Morgan fingerprint density at radius 3 is 2.52 bits per heavy atom. The molecule has 0 spiro atoms. The molecule has 5 nitrogen and oxygen atoms in total. The van der Waals surface area contributed by atoms with Crippen molar-refractivity contribution < 1.29 is 19.4 Å². The molecule has 6 heteroatoms. The lowest BCUT2D eigenvalue weighted by Gasteiger charge is -2.11. The highest BCUT2D eigenvalue weighted by Crippen LogP contribution is 2.33. The van der Waals surface area contributed by atoms with Gasteiger partial charge in [0.15, 0.2) is 0 Å². The predicted octanol–water partition coefficient (Wildman–Crippen LogP) is 3.71. The van der Waals surface area contributed by atoms with Crippen LogP contribution in [0.3, 0.4) is 0 Å². The summed E-state index contributed by atoms with van der Waals surface area (Å²) in [6.07, 6.45) is 0. The Bertz CT molecular complexity index is 737. The van der Waals surface area contributed by atoms with Gasteiger partial charge in [-0.1, -0.05) is 11.6 Å². The normalized spacial score (nSPS) is 9.76.